The molecule has 6 N–H and O–H groups in total. The molecule has 0 heterocycles. The minimum absolute atomic E-state index is 0.0374. The third-order valence-corrected chi connectivity index (χ3v) is 14.3. The van der Waals surface area contributed by atoms with Gasteiger partial charge in [0.25, 0.3) is 0 Å². The second kappa shape index (κ2) is 17.8. The molecule has 0 radical (unpaired) electrons. The quantitative estimate of drug-likeness (QED) is 0.0676. The zero-order valence-electron chi connectivity index (χ0n) is 34.2. The number of nitrogens with one attached hydrogen (secondary N) is 2. The van der Waals surface area contributed by atoms with Gasteiger partial charge < -0.3 is 21.5 Å². The van der Waals surface area contributed by atoms with Crippen LogP contribution in [0.5, 0.6) is 0 Å². The number of rotatable bonds is 20. The molecule has 276 valence electrons. The van der Waals surface area contributed by atoms with E-state index in [1.165, 1.54) is 44.9 Å². The van der Waals surface area contributed by atoms with Crippen molar-refractivity contribution in [3.05, 3.63) is 0 Å². The Morgan fingerprint density at radius 1 is 0.915 bits per heavy atom. The van der Waals surface area contributed by atoms with Gasteiger partial charge in [0.1, 0.15) is 0 Å². The summed E-state index contributed by atoms with van der Waals surface area (Å²) >= 11 is 0. The Hall–Kier alpha value is -0.290. The van der Waals surface area contributed by atoms with Crippen LogP contribution in [0.4, 0.5) is 0 Å². The molecule has 4 rings (SSSR count). The van der Waals surface area contributed by atoms with E-state index in [9.17, 15) is 18.1 Å². The molecule has 4 fully saturated rings. The lowest BCUT2D eigenvalue weighted by Crippen LogP contribution is -2.59. The molecular weight excluding hydrogens is 611 g/mol. The maximum atomic E-state index is 11.9. The summed E-state index contributed by atoms with van der Waals surface area (Å²) in [6, 6.07) is 0.524. The van der Waals surface area contributed by atoms with Crippen molar-refractivity contribution in [2.24, 2.45) is 58.0 Å². The van der Waals surface area contributed by atoms with Crippen LogP contribution < -0.4 is 16.4 Å². The molecule has 0 spiro atoms. The van der Waals surface area contributed by atoms with E-state index in [1.807, 2.05) is 0 Å². The zero-order chi connectivity index (χ0) is 37.7. The van der Waals surface area contributed by atoms with Crippen LogP contribution in [-0.4, -0.2) is 62.5 Å². The summed E-state index contributed by atoms with van der Waals surface area (Å²) in [4.78, 5) is 0. The number of aliphatic hydroxyl groups excluding tert-OH is 1. The van der Waals surface area contributed by atoms with Gasteiger partial charge in [-0.3, -0.25) is 4.55 Å². The van der Waals surface area contributed by atoms with Crippen LogP contribution in [0.25, 0.3) is 0 Å². The minimum atomic E-state index is -4.92. The summed E-state index contributed by atoms with van der Waals surface area (Å²) < 4.78 is 69.4. The highest BCUT2D eigenvalue weighted by Gasteiger charge is 2.62. The van der Waals surface area contributed by atoms with Crippen molar-refractivity contribution in [1.29, 1.82) is 0 Å². The lowest BCUT2D eigenvalue weighted by Gasteiger charge is -2.62. The summed E-state index contributed by atoms with van der Waals surface area (Å²) in [5.74, 6) is 0.0419. The normalized spacial score (nSPS) is 39.7. The van der Waals surface area contributed by atoms with Crippen LogP contribution in [0, 0.1) is 52.2 Å². The molecule has 8 nitrogen and oxygen atoms in total. The molecule has 4 aliphatic rings. The van der Waals surface area contributed by atoms with E-state index < -0.39 is 29.2 Å². The molecular formula is C38H73N3O5S. The molecule has 0 aromatic heterocycles. The Bertz CT molecular complexity index is 1190. The van der Waals surface area contributed by atoms with Gasteiger partial charge in [-0.2, -0.15) is 8.42 Å². The first-order chi connectivity index (χ1) is 23.8. The summed E-state index contributed by atoms with van der Waals surface area (Å²) in [6.07, 6.45) is 16.2. The fourth-order valence-electron chi connectivity index (χ4n) is 11.2. The van der Waals surface area contributed by atoms with E-state index in [2.05, 4.69) is 31.4 Å². The lowest BCUT2D eigenvalue weighted by molar-refractivity contribution is -0.167. The van der Waals surface area contributed by atoms with Gasteiger partial charge in [0.15, 0.2) is 0 Å². The van der Waals surface area contributed by atoms with Crippen molar-refractivity contribution in [3.63, 3.8) is 0 Å². The number of nitrogens with two attached hydrogens (primary N) is 1. The van der Waals surface area contributed by atoms with Crippen molar-refractivity contribution in [3.8, 4) is 0 Å². The minimum Gasteiger partial charge on any atom is -0.393 e. The molecule has 0 saturated heterocycles. The topological polar surface area (TPSA) is 134 Å². The van der Waals surface area contributed by atoms with Crippen molar-refractivity contribution < 1.29 is 27.7 Å². The fraction of sp³-hybridized carbons (Fsp3) is 1.00. The highest BCUT2D eigenvalue weighted by Crippen LogP contribution is 2.68. The first-order valence-electron chi connectivity index (χ1n) is 21.3. The third kappa shape index (κ3) is 10.2. The van der Waals surface area contributed by atoms with E-state index >= 15 is 0 Å². The monoisotopic (exact) mass is 688 g/mol. The fourth-order valence-corrected chi connectivity index (χ4v) is 11.8. The second-order valence-corrected chi connectivity index (χ2v) is 17.8. The molecule has 0 bridgehead atoms. The van der Waals surface area contributed by atoms with Gasteiger partial charge in [-0.15, -0.1) is 0 Å². The van der Waals surface area contributed by atoms with Gasteiger partial charge in [-0.05, 0) is 162 Å². The van der Waals surface area contributed by atoms with Gasteiger partial charge in [0.05, 0.1) is 12.2 Å². The molecule has 0 aliphatic heterocycles. The average Bonchev–Trinajstić information content (AvgIpc) is 3.40. The Kier molecular flexibility index (Phi) is 12.8. The van der Waals surface area contributed by atoms with E-state index in [0.29, 0.717) is 36.1 Å². The molecule has 0 amide bonds. The number of fused-ring (bicyclic) bond motifs is 5. The maximum Gasteiger partial charge on any atom is 0.397 e. The Labute approximate surface area is 294 Å². The summed E-state index contributed by atoms with van der Waals surface area (Å²) in [6.45, 7) is 9.45. The predicted octanol–water partition coefficient (Wildman–Crippen LogP) is 7.11. The predicted molar refractivity (Wildman–Crippen MR) is 192 cm³/mol. The SMILES string of the molecule is [2H]C([2H])([2H])C([2H])(C)C(CC[C@@H](C)[C@H]1CCC2C3C(CC[C@@]21C)[C@@]1(C)CC[C@H](NCCCNCCCCCCCCN)C[C@@H]1C[C@H]3O)OS(=O)(=O)O. The Morgan fingerprint density at radius 2 is 1.60 bits per heavy atom. The van der Waals surface area contributed by atoms with Gasteiger partial charge in [0, 0.05) is 11.5 Å². The van der Waals surface area contributed by atoms with Crippen molar-refractivity contribution in [1.82, 2.24) is 10.6 Å². The summed E-state index contributed by atoms with van der Waals surface area (Å²) in [5.41, 5.74) is 5.85. The highest BCUT2D eigenvalue weighted by atomic mass is 32.3. The number of hydrogen-bond donors (Lipinski definition) is 5. The van der Waals surface area contributed by atoms with E-state index in [-0.39, 0.29) is 35.2 Å². The Balaban J connectivity index is 1.27. The van der Waals surface area contributed by atoms with Crippen LogP contribution in [0.3, 0.4) is 0 Å². The van der Waals surface area contributed by atoms with E-state index in [1.54, 1.807) is 0 Å². The van der Waals surface area contributed by atoms with Crippen LogP contribution in [0.1, 0.15) is 149 Å². The largest absolute Gasteiger partial charge is 0.397 e. The molecule has 0 aromatic rings. The van der Waals surface area contributed by atoms with Crippen LogP contribution in [-0.2, 0) is 14.6 Å². The second-order valence-electron chi connectivity index (χ2n) is 16.7. The summed E-state index contributed by atoms with van der Waals surface area (Å²) in [5, 5.41) is 19.4. The first-order valence-corrected chi connectivity index (χ1v) is 20.7. The first kappa shape index (κ1) is 33.8. The molecule has 0 aromatic carbocycles. The number of unbranched alkanes of at least 4 members (excludes halogenated alkanes) is 5. The number of aliphatic hydroxyl groups is 1. The van der Waals surface area contributed by atoms with E-state index in [4.69, 9.17) is 15.4 Å². The lowest BCUT2D eigenvalue weighted by atomic mass is 9.43. The highest BCUT2D eigenvalue weighted by molar-refractivity contribution is 7.80. The van der Waals surface area contributed by atoms with Crippen LogP contribution in [0.15, 0.2) is 0 Å². The van der Waals surface area contributed by atoms with Gasteiger partial charge in [-0.1, -0.05) is 60.2 Å². The van der Waals surface area contributed by atoms with Gasteiger partial charge in [-0.25, -0.2) is 4.18 Å². The average molecular weight is 688 g/mol. The zero-order valence-corrected chi connectivity index (χ0v) is 31.0. The molecule has 4 aliphatic carbocycles. The Morgan fingerprint density at radius 3 is 2.32 bits per heavy atom. The van der Waals surface area contributed by atoms with Crippen LogP contribution >= 0.6 is 0 Å². The van der Waals surface area contributed by atoms with Gasteiger partial charge >= 0.3 is 10.4 Å². The van der Waals surface area contributed by atoms with Crippen LogP contribution in [0.2, 0.25) is 0 Å². The number of hydrogen-bond acceptors (Lipinski definition) is 7. The molecule has 9 heteroatoms. The standard InChI is InChI=1S/C38H73N3O5S/c1-27(2)35(46-47(43,44)45)16-13-28(3)31-14-15-32-36-33(18-20-38(31,32)5)37(4)19-17-30(25-29(37)26-34(36)42)41-24-12-23-40-22-11-9-7-6-8-10-21-39/h27-36,40-42H,6-26,39H2,1-5H3,(H,43,44,45)/t28-,29-,30+,31-,32?,33?,34-,35?,36?,37+,38-/m1/s1/i1D3,27D/t27?,28-,29-,30+,31-,32?,33?,34-,35?,36?,37+,38-. The summed E-state index contributed by atoms with van der Waals surface area (Å²) in [7, 11) is -4.92. The molecule has 5 unspecified atom stereocenters. The van der Waals surface area contributed by atoms with Crippen molar-refractivity contribution >= 4 is 10.4 Å². The third-order valence-electron chi connectivity index (χ3n) is 13.8. The van der Waals surface area contributed by atoms with Crippen molar-refractivity contribution in [2.45, 2.75) is 162 Å². The van der Waals surface area contributed by atoms with E-state index in [0.717, 1.165) is 84.5 Å². The van der Waals surface area contributed by atoms with Crippen molar-refractivity contribution in [2.75, 3.05) is 26.2 Å². The molecule has 4 saturated carbocycles. The molecule has 12 atom stereocenters. The van der Waals surface area contributed by atoms with Gasteiger partial charge in [0.2, 0.25) is 0 Å². The molecule has 47 heavy (non-hydrogen) atoms. The maximum absolute atomic E-state index is 11.9. The smallest absolute Gasteiger partial charge is 0.393 e.